The van der Waals surface area contributed by atoms with E-state index in [0.717, 1.165) is 16.8 Å². The molecule has 1 aliphatic heterocycles. The molecular weight excluding hydrogens is 438 g/mol. The van der Waals surface area contributed by atoms with Crippen molar-refractivity contribution in [2.24, 2.45) is 5.10 Å². The summed E-state index contributed by atoms with van der Waals surface area (Å²) >= 11 is 1.29. The van der Waals surface area contributed by atoms with Crippen LogP contribution in [0.25, 0.3) is 17.1 Å². The number of hydrazone groups is 1. The van der Waals surface area contributed by atoms with Gasteiger partial charge in [0.2, 0.25) is 6.79 Å². The summed E-state index contributed by atoms with van der Waals surface area (Å²) in [5.74, 6) is 1.96. The predicted octanol–water partition coefficient (Wildman–Crippen LogP) is 3.91. The van der Waals surface area contributed by atoms with Crippen LogP contribution in [0.5, 0.6) is 11.5 Å². The largest absolute Gasteiger partial charge is 0.454 e. The molecule has 3 aromatic carbocycles. The number of para-hydroxylation sites is 1. The van der Waals surface area contributed by atoms with Crippen molar-refractivity contribution in [2.45, 2.75) is 5.16 Å². The second kappa shape index (κ2) is 9.58. The zero-order valence-corrected chi connectivity index (χ0v) is 18.2. The number of hydrogen-bond acceptors (Lipinski definition) is 7. The molecule has 0 fully saturated rings. The van der Waals surface area contributed by atoms with Crippen molar-refractivity contribution < 1.29 is 14.3 Å². The first-order valence-electron chi connectivity index (χ1n) is 10.2. The van der Waals surface area contributed by atoms with Crippen LogP contribution in [0.2, 0.25) is 0 Å². The first-order chi connectivity index (χ1) is 16.3. The highest BCUT2D eigenvalue weighted by Gasteiger charge is 2.17. The molecule has 2 heterocycles. The second-order valence-corrected chi connectivity index (χ2v) is 7.98. The fraction of sp³-hybridized carbons (Fsp3) is 0.0833. The van der Waals surface area contributed by atoms with E-state index >= 15 is 0 Å². The second-order valence-electron chi connectivity index (χ2n) is 7.04. The van der Waals surface area contributed by atoms with Crippen molar-refractivity contribution in [2.75, 3.05) is 12.5 Å². The van der Waals surface area contributed by atoms with E-state index in [1.54, 1.807) is 12.3 Å². The normalized spacial score (nSPS) is 12.2. The number of amides is 1. The Balaban J connectivity index is 1.27. The first kappa shape index (κ1) is 20.8. The number of ether oxygens (including phenoxy) is 2. The molecule has 8 nitrogen and oxygen atoms in total. The van der Waals surface area contributed by atoms with Crippen LogP contribution in [0.4, 0.5) is 0 Å². The number of hydrogen-bond donors (Lipinski definition) is 1. The monoisotopic (exact) mass is 457 g/mol. The fourth-order valence-corrected chi connectivity index (χ4v) is 4.03. The maximum atomic E-state index is 12.4. The van der Waals surface area contributed by atoms with Crippen molar-refractivity contribution in [3.8, 4) is 28.6 Å². The van der Waals surface area contributed by atoms with Crippen molar-refractivity contribution >= 4 is 23.9 Å². The Morgan fingerprint density at radius 2 is 1.76 bits per heavy atom. The van der Waals surface area contributed by atoms with Crippen LogP contribution in [0, 0.1) is 0 Å². The van der Waals surface area contributed by atoms with Crippen LogP contribution in [0.1, 0.15) is 5.56 Å². The molecule has 164 valence electrons. The van der Waals surface area contributed by atoms with Gasteiger partial charge in [-0.3, -0.25) is 9.36 Å². The zero-order valence-electron chi connectivity index (χ0n) is 17.4. The summed E-state index contributed by atoms with van der Waals surface area (Å²) < 4.78 is 12.6. The lowest BCUT2D eigenvalue weighted by molar-refractivity contribution is -0.118. The topological polar surface area (TPSA) is 90.6 Å². The van der Waals surface area contributed by atoms with Gasteiger partial charge in [-0.15, -0.1) is 10.2 Å². The Kier molecular flexibility index (Phi) is 6.03. The standard InChI is InChI=1S/C24H19N5O3S/c30-22(26-25-14-17-11-12-20-21(13-17)32-16-31-20)15-33-24-28-27-23(18-7-3-1-4-8-18)29(24)19-9-5-2-6-10-19/h1-14H,15-16H2,(H,26,30). The third kappa shape index (κ3) is 4.73. The van der Waals surface area contributed by atoms with Gasteiger partial charge in [-0.05, 0) is 35.9 Å². The van der Waals surface area contributed by atoms with Crippen LogP contribution in [0.3, 0.4) is 0 Å². The maximum Gasteiger partial charge on any atom is 0.250 e. The van der Waals surface area contributed by atoms with Gasteiger partial charge in [0.25, 0.3) is 5.91 Å². The number of rotatable bonds is 7. The Morgan fingerprint density at radius 3 is 2.58 bits per heavy atom. The van der Waals surface area contributed by atoms with E-state index < -0.39 is 0 Å². The number of aromatic nitrogens is 3. The molecule has 0 unspecified atom stereocenters. The van der Waals surface area contributed by atoms with Gasteiger partial charge in [-0.2, -0.15) is 5.10 Å². The molecule has 0 radical (unpaired) electrons. The average Bonchev–Trinajstić information content (AvgIpc) is 3.50. The van der Waals surface area contributed by atoms with E-state index in [-0.39, 0.29) is 18.5 Å². The molecule has 1 amide bonds. The summed E-state index contributed by atoms with van der Waals surface area (Å²) in [5, 5.41) is 13.4. The van der Waals surface area contributed by atoms with E-state index in [2.05, 4.69) is 20.7 Å². The molecule has 1 aliphatic rings. The van der Waals surface area contributed by atoms with Crippen molar-refractivity contribution in [3.05, 3.63) is 84.4 Å². The smallest absolute Gasteiger partial charge is 0.250 e. The van der Waals surface area contributed by atoms with E-state index in [1.807, 2.05) is 77.4 Å². The third-order valence-corrected chi connectivity index (χ3v) is 5.74. The number of thioether (sulfide) groups is 1. The van der Waals surface area contributed by atoms with Gasteiger partial charge in [0, 0.05) is 11.3 Å². The fourth-order valence-electron chi connectivity index (χ4n) is 3.28. The Bertz CT molecular complexity index is 1290. The van der Waals surface area contributed by atoms with E-state index in [0.29, 0.717) is 22.5 Å². The average molecular weight is 458 g/mol. The van der Waals surface area contributed by atoms with Crippen LogP contribution in [0.15, 0.2) is 89.1 Å². The summed E-state index contributed by atoms with van der Waals surface area (Å²) in [4.78, 5) is 12.4. The van der Waals surface area contributed by atoms with Gasteiger partial charge in [-0.25, -0.2) is 5.43 Å². The predicted molar refractivity (Wildman–Crippen MR) is 126 cm³/mol. The molecule has 0 atom stereocenters. The van der Waals surface area contributed by atoms with E-state index in [4.69, 9.17) is 9.47 Å². The molecule has 4 aromatic rings. The number of nitrogens with zero attached hydrogens (tertiary/aromatic N) is 4. The van der Waals surface area contributed by atoms with Crippen molar-refractivity contribution in [1.29, 1.82) is 0 Å². The quantitative estimate of drug-likeness (QED) is 0.257. The number of carbonyl (C=O) groups is 1. The Labute approximate surface area is 194 Å². The molecule has 0 bridgehead atoms. The number of fused-ring (bicyclic) bond motifs is 1. The number of nitrogens with one attached hydrogen (secondary N) is 1. The third-order valence-electron chi connectivity index (χ3n) is 4.81. The van der Waals surface area contributed by atoms with Gasteiger partial charge in [0.15, 0.2) is 22.5 Å². The van der Waals surface area contributed by atoms with E-state index in [9.17, 15) is 4.79 Å². The maximum absolute atomic E-state index is 12.4. The molecule has 33 heavy (non-hydrogen) atoms. The lowest BCUT2D eigenvalue weighted by Gasteiger charge is -2.10. The molecule has 0 saturated carbocycles. The molecule has 0 saturated heterocycles. The van der Waals surface area contributed by atoms with Crippen LogP contribution in [-0.2, 0) is 4.79 Å². The summed E-state index contributed by atoms with van der Waals surface area (Å²) in [6.07, 6.45) is 1.56. The van der Waals surface area contributed by atoms with Gasteiger partial charge in [0.05, 0.1) is 12.0 Å². The van der Waals surface area contributed by atoms with Crippen LogP contribution >= 0.6 is 11.8 Å². The molecule has 1 N–H and O–H groups in total. The zero-order chi connectivity index (χ0) is 22.5. The molecule has 5 rings (SSSR count). The molecule has 9 heteroatoms. The Hall–Kier alpha value is -4.11. The van der Waals surface area contributed by atoms with E-state index in [1.165, 1.54) is 11.8 Å². The van der Waals surface area contributed by atoms with Gasteiger partial charge in [0.1, 0.15) is 0 Å². The summed E-state index contributed by atoms with van der Waals surface area (Å²) in [6, 6.07) is 25.1. The lowest BCUT2D eigenvalue weighted by atomic mass is 10.2. The summed E-state index contributed by atoms with van der Waals surface area (Å²) in [6.45, 7) is 0.212. The number of benzene rings is 3. The molecule has 1 aromatic heterocycles. The molecular formula is C24H19N5O3S. The minimum Gasteiger partial charge on any atom is -0.454 e. The summed E-state index contributed by atoms with van der Waals surface area (Å²) in [7, 11) is 0. The highest BCUT2D eigenvalue weighted by molar-refractivity contribution is 7.99. The SMILES string of the molecule is O=C(CSc1nnc(-c2ccccc2)n1-c1ccccc1)NN=Cc1ccc2c(c1)OCO2. The van der Waals surface area contributed by atoms with Gasteiger partial charge in [-0.1, -0.05) is 60.3 Å². The first-order valence-corrected chi connectivity index (χ1v) is 11.2. The highest BCUT2D eigenvalue weighted by atomic mass is 32.2. The number of carbonyl (C=O) groups excluding carboxylic acids is 1. The summed E-state index contributed by atoms with van der Waals surface area (Å²) in [5.41, 5.74) is 5.21. The van der Waals surface area contributed by atoms with Gasteiger partial charge < -0.3 is 9.47 Å². The van der Waals surface area contributed by atoms with Crippen LogP contribution in [-0.4, -0.2) is 39.4 Å². The highest BCUT2D eigenvalue weighted by Crippen LogP contribution is 2.32. The van der Waals surface area contributed by atoms with Crippen LogP contribution < -0.4 is 14.9 Å². The van der Waals surface area contributed by atoms with Crippen molar-refractivity contribution in [1.82, 2.24) is 20.2 Å². The molecule has 0 spiro atoms. The minimum atomic E-state index is -0.249. The van der Waals surface area contributed by atoms with Crippen molar-refractivity contribution in [3.63, 3.8) is 0 Å². The minimum absolute atomic E-state index is 0.137. The molecule has 0 aliphatic carbocycles. The Morgan fingerprint density at radius 1 is 1.00 bits per heavy atom. The van der Waals surface area contributed by atoms with Gasteiger partial charge >= 0.3 is 0 Å². The lowest BCUT2D eigenvalue weighted by Crippen LogP contribution is -2.20.